The lowest BCUT2D eigenvalue weighted by Crippen LogP contribution is -2.10. The molecule has 0 amide bonds. The van der Waals surface area contributed by atoms with Crippen molar-refractivity contribution in [2.24, 2.45) is 0 Å². The monoisotopic (exact) mass is 421 g/mol. The molecule has 2 heterocycles. The molecule has 0 aliphatic carbocycles. The number of pyridine rings is 1. The average Bonchev–Trinajstić information content (AvgIpc) is 2.73. The van der Waals surface area contributed by atoms with Crippen LogP contribution in [0, 0.1) is 0 Å². The van der Waals surface area contributed by atoms with Crippen LogP contribution in [0.25, 0.3) is 22.3 Å². The Balaban J connectivity index is 2.46. The van der Waals surface area contributed by atoms with Crippen molar-refractivity contribution in [2.45, 2.75) is 40.5 Å². The molecule has 0 fully saturated rings. The van der Waals surface area contributed by atoms with Gasteiger partial charge in [-0.3, -0.25) is 9.78 Å². The number of ether oxygens (including phenoxy) is 1. The zero-order valence-electron chi connectivity index (χ0n) is 18.4. The van der Waals surface area contributed by atoms with Crippen LogP contribution in [0.5, 0.6) is 17.2 Å². The Bertz CT molecular complexity index is 1230. The molecule has 2 N–H and O–H groups in total. The van der Waals surface area contributed by atoms with Gasteiger partial charge in [0.15, 0.2) is 5.76 Å². The SMILES string of the molecule is COc1c(-c2cccnc2)oc2c(CC=C(C)C)c(O)c(CC=C(C)C)c(O)c2c1=O. The molecular weight excluding hydrogens is 394 g/mol. The second kappa shape index (κ2) is 9.08. The highest BCUT2D eigenvalue weighted by molar-refractivity contribution is 5.93. The predicted octanol–water partition coefficient (Wildman–Crippen LogP) is 5.29. The molecule has 6 heteroatoms. The van der Waals surface area contributed by atoms with E-state index in [1.165, 1.54) is 7.11 Å². The molecule has 0 spiro atoms. The van der Waals surface area contributed by atoms with Crippen LogP contribution >= 0.6 is 0 Å². The van der Waals surface area contributed by atoms with Gasteiger partial charge in [-0.15, -0.1) is 0 Å². The number of phenols is 2. The van der Waals surface area contributed by atoms with E-state index in [0.717, 1.165) is 11.1 Å². The van der Waals surface area contributed by atoms with E-state index in [0.29, 0.717) is 17.5 Å². The fraction of sp³-hybridized carbons (Fsp3) is 0.280. The number of aromatic hydroxyl groups is 2. The summed E-state index contributed by atoms with van der Waals surface area (Å²) in [5.41, 5.74) is 3.00. The van der Waals surface area contributed by atoms with Crippen LogP contribution in [0.2, 0.25) is 0 Å². The normalized spacial score (nSPS) is 10.7. The summed E-state index contributed by atoms with van der Waals surface area (Å²) >= 11 is 0. The summed E-state index contributed by atoms with van der Waals surface area (Å²) in [6, 6.07) is 3.47. The van der Waals surface area contributed by atoms with Crippen molar-refractivity contribution in [2.75, 3.05) is 7.11 Å². The van der Waals surface area contributed by atoms with E-state index in [-0.39, 0.29) is 46.0 Å². The van der Waals surface area contributed by atoms with E-state index in [9.17, 15) is 15.0 Å². The van der Waals surface area contributed by atoms with Gasteiger partial charge in [0.2, 0.25) is 11.2 Å². The molecule has 3 aromatic rings. The van der Waals surface area contributed by atoms with Crippen LogP contribution < -0.4 is 10.2 Å². The molecule has 1 aromatic carbocycles. The molecule has 0 radical (unpaired) electrons. The van der Waals surface area contributed by atoms with Gasteiger partial charge in [0.05, 0.1) is 7.11 Å². The molecule has 2 aromatic heterocycles. The summed E-state index contributed by atoms with van der Waals surface area (Å²) in [4.78, 5) is 17.5. The highest BCUT2D eigenvalue weighted by atomic mass is 16.5. The molecule has 3 rings (SSSR count). The van der Waals surface area contributed by atoms with Crippen LogP contribution in [0.4, 0.5) is 0 Å². The summed E-state index contributed by atoms with van der Waals surface area (Å²) in [6.07, 6.45) is 7.62. The Morgan fingerprint density at radius 2 is 1.71 bits per heavy atom. The van der Waals surface area contributed by atoms with Gasteiger partial charge < -0.3 is 19.4 Å². The number of nitrogens with zero attached hydrogens (tertiary/aromatic N) is 1. The van der Waals surface area contributed by atoms with Gasteiger partial charge in [0.1, 0.15) is 22.5 Å². The van der Waals surface area contributed by atoms with E-state index in [1.54, 1.807) is 24.5 Å². The second-order valence-corrected chi connectivity index (χ2v) is 7.86. The lowest BCUT2D eigenvalue weighted by atomic mass is 9.96. The molecule has 0 saturated carbocycles. The van der Waals surface area contributed by atoms with Gasteiger partial charge >= 0.3 is 0 Å². The number of benzene rings is 1. The number of fused-ring (bicyclic) bond motifs is 1. The third-order valence-corrected chi connectivity index (χ3v) is 5.00. The predicted molar refractivity (Wildman–Crippen MR) is 122 cm³/mol. The summed E-state index contributed by atoms with van der Waals surface area (Å²) in [5.74, 6) is -0.202. The van der Waals surface area contributed by atoms with Gasteiger partial charge in [0.25, 0.3) is 0 Å². The maximum absolute atomic E-state index is 13.4. The van der Waals surface area contributed by atoms with Crippen LogP contribution in [0.3, 0.4) is 0 Å². The third kappa shape index (κ3) is 4.33. The zero-order chi connectivity index (χ0) is 22.7. The summed E-state index contributed by atoms with van der Waals surface area (Å²) < 4.78 is 11.5. The molecule has 0 atom stereocenters. The fourth-order valence-electron chi connectivity index (χ4n) is 3.37. The number of allylic oxidation sites excluding steroid dienone is 4. The first kappa shape index (κ1) is 22.2. The van der Waals surface area contributed by atoms with Crippen molar-refractivity contribution in [1.29, 1.82) is 0 Å². The van der Waals surface area contributed by atoms with Crippen molar-refractivity contribution in [3.05, 3.63) is 69.2 Å². The molecule has 0 unspecified atom stereocenters. The molecule has 162 valence electrons. The van der Waals surface area contributed by atoms with E-state index in [1.807, 2.05) is 39.8 Å². The maximum atomic E-state index is 13.4. The van der Waals surface area contributed by atoms with Crippen LogP contribution in [-0.2, 0) is 12.8 Å². The van der Waals surface area contributed by atoms with Gasteiger partial charge in [-0.05, 0) is 52.7 Å². The summed E-state index contributed by atoms with van der Waals surface area (Å²) in [6.45, 7) is 7.75. The van der Waals surface area contributed by atoms with Crippen molar-refractivity contribution >= 4 is 11.0 Å². The Morgan fingerprint density at radius 3 is 2.26 bits per heavy atom. The number of hydrogen-bond acceptors (Lipinski definition) is 6. The third-order valence-electron chi connectivity index (χ3n) is 5.00. The minimum atomic E-state index is -0.503. The molecule has 0 bridgehead atoms. The largest absolute Gasteiger partial charge is 0.507 e. The second-order valence-electron chi connectivity index (χ2n) is 7.86. The Morgan fingerprint density at radius 1 is 1.06 bits per heavy atom. The minimum absolute atomic E-state index is 0.00315. The van der Waals surface area contributed by atoms with E-state index in [2.05, 4.69) is 4.98 Å². The van der Waals surface area contributed by atoms with Crippen molar-refractivity contribution in [1.82, 2.24) is 4.98 Å². The lowest BCUT2D eigenvalue weighted by molar-refractivity contribution is 0.396. The summed E-state index contributed by atoms with van der Waals surface area (Å²) in [7, 11) is 1.38. The van der Waals surface area contributed by atoms with E-state index >= 15 is 0 Å². The Hall–Kier alpha value is -3.54. The van der Waals surface area contributed by atoms with Crippen molar-refractivity contribution in [3.63, 3.8) is 0 Å². The number of methoxy groups -OCH3 is 1. The topological polar surface area (TPSA) is 92.8 Å². The first-order chi connectivity index (χ1) is 14.8. The number of aromatic nitrogens is 1. The summed E-state index contributed by atoms with van der Waals surface area (Å²) in [5, 5.41) is 22.0. The fourth-order valence-corrected chi connectivity index (χ4v) is 3.37. The minimum Gasteiger partial charge on any atom is -0.507 e. The molecule has 0 aliphatic rings. The van der Waals surface area contributed by atoms with Crippen LogP contribution in [0.1, 0.15) is 38.8 Å². The maximum Gasteiger partial charge on any atom is 0.239 e. The first-order valence-corrected chi connectivity index (χ1v) is 10.0. The first-order valence-electron chi connectivity index (χ1n) is 10.0. The highest BCUT2D eigenvalue weighted by Crippen LogP contribution is 2.42. The lowest BCUT2D eigenvalue weighted by Gasteiger charge is -2.16. The average molecular weight is 421 g/mol. The molecule has 0 aliphatic heterocycles. The molecule has 0 saturated heterocycles. The van der Waals surface area contributed by atoms with Crippen LogP contribution in [-0.4, -0.2) is 22.3 Å². The number of rotatable bonds is 6. The van der Waals surface area contributed by atoms with E-state index in [4.69, 9.17) is 9.15 Å². The van der Waals surface area contributed by atoms with E-state index < -0.39 is 5.43 Å². The zero-order valence-corrected chi connectivity index (χ0v) is 18.4. The number of phenolic OH excluding ortho intramolecular Hbond substituents is 2. The van der Waals surface area contributed by atoms with Gasteiger partial charge in [-0.2, -0.15) is 0 Å². The van der Waals surface area contributed by atoms with Crippen molar-refractivity contribution in [3.8, 4) is 28.6 Å². The Kier molecular flexibility index (Phi) is 6.49. The standard InChI is InChI=1S/C25H27NO5/c1-14(2)8-10-17-20(27)18(11-9-15(3)4)24-19(21(17)28)22(29)25(30-5)23(31-24)16-7-6-12-26-13-16/h6-9,12-13,27-28H,10-11H2,1-5H3. The Labute approximate surface area is 181 Å². The van der Waals surface area contributed by atoms with Crippen LogP contribution in [0.15, 0.2) is 57.0 Å². The highest BCUT2D eigenvalue weighted by Gasteiger charge is 2.26. The molecule has 31 heavy (non-hydrogen) atoms. The number of hydrogen-bond donors (Lipinski definition) is 2. The smallest absolute Gasteiger partial charge is 0.239 e. The molecular formula is C25H27NO5. The van der Waals surface area contributed by atoms with Crippen molar-refractivity contribution < 1.29 is 19.4 Å². The quantitative estimate of drug-likeness (QED) is 0.525. The van der Waals surface area contributed by atoms with Gasteiger partial charge in [0, 0.05) is 29.1 Å². The van der Waals surface area contributed by atoms with Gasteiger partial charge in [-0.25, -0.2) is 0 Å². The van der Waals surface area contributed by atoms with Gasteiger partial charge in [-0.1, -0.05) is 23.3 Å². The molecule has 6 nitrogen and oxygen atoms in total.